The van der Waals surface area contributed by atoms with E-state index in [1.165, 1.54) is 10.8 Å². The lowest BCUT2D eigenvalue weighted by Crippen LogP contribution is -2.30. The van der Waals surface area contributed by atoms with Gasteiger partial charge in [-0.1, -0.05) is 30.3 Å². The summed E-state index contributed by atoms with van der Waals surface area (Å²) in [6, 6.07) is 8.96. The Kier molecular flexibility index (Phi) is 7.00. The predicted molar refractivity (Wildman–Crippen MR) is 133 cm³/mol. The van der Waals surface area contributed by atoms with Crippen molar-refractivity contribution in [1.29, 1.82) is 0 Å². The summed E-state index contributed by atoms with van der Waals surface area (Å²) in [7, 11) is -2.57. The summed E-state index contributed by atoms with van der Waals surface area (Å²) >= 11 is 0. The molecule has 3 aromatic rings. The molecule has 0 atom stereocenters. The molecule has 13 heteroatoms. The van der Waals surface area contributed by atoms with Crippen LogP contribution in [0.15, 0.2) is 41.3 Å². The van der Waals surface area contributed by atoms with Gasteiger partial charge in [0.1, 0.15) is 24.6 Å². The van der Waals surface area contributed by atoms with Gasteiger partial charge in [-0.15, -0.1) is 0 Å². The van der Waals surface area contributed by atoms with Gasteiger partial charge in [0.15, 0.2) is 5.69 Å². The lowest BCUT2D eigenvalue weighted by Gasteiger charge is -2.19. The van der Waals surface area contributed by atoms with Crippen molar-refractivity contribution in [3.8, 4) is 5.75 Å². The molecule has 1 saturated heterocycles. The summed E-state index contributed by atoms with van der Waals surface area (Å²) in [5.74, 6) is -2.22. The van der Waals surface area contributed by atoms with E-state index in [2.05, 4.69) is 4.98 Å². The minimum absolute atomic E-state index is 0.0189. The second kappa shape index (κ2) is 9.88. The number of carbonyl (C=O) groups is 2. The van der Waals surface area contributed by atoms with Crippen LogP contribution in [0.1, 0.15) is 43.2 Å². The molecule has 0 N–H and O–H groups in total. The van der Waals surface area contributed by atoms with Crippen LogP contribution >= 0.6 is 0 Å². The number of carbonyl (C=O) groups excluding carboxylic acids is 2. The number of aromatic nitrogens is 3. The molecule has 0 bridgehead atoms. The SMILES string of the molecule is COC(=O)c1nc2n(CC(=O)OC(C)(C)C)cc(N3CCCS3(=O)=O)n2c(=O)c1OCc1ccccc1. The van der Waals surface area contributed by atoms with Gasteiger partial charge < -0.3 is 18.8 Å². The molecule has 1 fully saturated rings. The Morgan fingerprint density at radius 2 is 1.84 bits per heavy atom. The Labute approximate surface area is 213 Å². The van der Waals surface area contributed by atoms with E-state index in [9.17, 15) is 22.8 Å². The minimum Gasteiger partial charge on any atom is -0.481 e. The maximum atomic E-state index is 13.7. The number of benzene rings is 1. The largest absolute Gasteiger partial charge is 0.481 e. The number of nitrogens with zero attached hydrogens (tertiary/aromatic N) is 4. The van der Waals surface area contributed by atoms with Gasteiger partial charge in [0, 0.05) is 6.54 Å². The van der Waals surface area contributed by atoms with E-state index >= 15 is 0 Å². The number of imidazole rings is 1. The first-order valence-electron chi connectivity index (χ1n) is 11.5. The van der Waals surface area contributed by atoms with E-state index < -0.39 is 44.6 Å². The Bertz CT molecular complexity index is 1500. The Morgan fingerprint density at radius 3 is 2.43 bits per heavy atom. The summed E-state index contributed by atoms with van der Waals surface area (Å²) in [5, 5.41) is 0. The third-order valence-electron chi connectivity index (χ3n) is 5.46. The maximum Gasteiger partial charge on any atom is 0.360 e. The van der Waals surface area contributed by atoms with Crippen LogP contribution in [0.4, 0.5) is 5.82 Å². The van der Waals surface area contributed by atoms with Crippen molar-refractivity contribution >= 4 is 33.6 Å². The molecule has 0 saturated carbocycles. The highest BCUT2D eigenvalue weighted by Crippen LogP contribution is 2.27. The first kappa shape index (κ1) is 26.2. The van der Waals surface area contributed by atoms with Crippen molar-refractivity contribution in [1.82, 2.24) is 14.0 Å². The predicted octanol–water partition coefficient (Wildman–Crippen LogP) is 1.74. The highest BCUT2D eigenvalue weighted by Gasteiger charge is 2.34. The van der Waals surface area contributed by atoms with Crippen molar-refractivity contribution < 1.29 is 32.2 Å². The van der Waals surface area contributed by atoms with Gasteiger partial charge in [0.25, 0.3) is 0 Å². The average Bonchev–Trinajstić information content (AvgIpc) is 3.35. The molecule has 3 heterocycles. The highest BCUT2D eigenvalue weighted by atomic mass is 32.2. The van der Waals surface area contributed by atoms with Crippen LogP contribution < -0.4 is 14.6 Å². The molecule has 12 nitrogen and oxygen atoms in total. The van der Waals surface area contributed by atoms with Crippen LogP contribution in [0.25, 0.3) is 5.78 Å². The molecular weight excluding hydrogens is 504 g/mol. The fourth-order valence-corrected chi connectivity index (χ4v) is 5.48. The zero-order chi connectivity index (χ0) is 27.0. The number of hydrogen-bond donors (Lipinski definition) is 0. The standard InChI is InChI=1S/C24H28N4O8S/c1-24(2,3)36-18(29)14-26-13-17(27-11-8-12-37(27,32)33)28-21(30)20(19(22(31)34-4)25-23(26)28)35-15-16-9-6-5-7-10-16/h5-7,9-10,13H,8,11-12,14-15H2,1-4H3. The fourth-order valence-electron chi connectivity index (χ4n) is 3.95. The zero-order valence-electron chi connectivity index (χ0n) is 21.0. The molecule has 198 valence electrons. The number of fused-ring (bicyclic) bond motifs is 1. The summed E-state index contributed by atoms with van der Waals surface area (Å²) in [6.07, 6.45) is 1.69. The van der Waals surface area contributed by atoms with Gasteiger partial charge in [-0.05, 0) is 32.8 Å². The van der Waals surface area contributed by atoms with Crippen molar-refractivity contribution in [3.05, 3.63) is 58.1 Å². The molecule has 1 aliphatic heterocycles. The Morgan fingerprint density at radius 1 is 1.14 bits per heavy atom. The number of methoxy groups -OCH3 is 1. The van der Waals surface area contributed by atoms with Gasteiger partial charge >= 0.3 is 17.5 Å². The number of ether oxygens (including phenoxy) is 3. The highest BCUT2D eigenvalue weighted by molar-refractivity contribution is 7.93. The van der Waals surface area contributed by atoms with Crippen LogP contribution in [0.2, 0.25) is 0 Å². The molecule has 4 rings (SSSR count). The quantitative estimate of drug-likeness (QED) is 0.416. The summed E-state index contributed by atoms with van der Waals surface area (Å²) in [4.78, 5) is 43.3. The van der Waals surface area contributed by atoms with Crippen molar-refractivity contribution in [2.24, 2.45) is 0 Å². The zero-order valence-corrected chi connectivity index (χ0v) is 21.8. The van der Waals surface area contributed by atoms with E-state index in [1.807, 2.05) is 6.07 Å². The third-order valence-corrected chi connectivity index (χ3v) is 7.31. The summed E-state index contributed by atoms with van der Waals surface area (Å²) in [6.45, 7) is 4.81. The van der Waals surface area contributed by atoms with E-state index in [4.69, 9.17) is 14.2 Å². The molecule has 0 amide bonds. The molecule has 2 aromatic heterocycles. The molecular formula is C24H28N4O8S. The second-order valence-electron chi connectivity index (χ2n) is 9.44. The van der Waals surface area contributed by atoms with Crippen LogP contribution in [-0.2, 0) is 37.4 Å². The topological polar surface area (TPSA) is 139 Å². The summed E-state index contributed by atoms with van der Waals surface area (Å²) < 4.78 is 44.8. The lowest BCUT2D eigenvalue weighted by molar-refractivity contribution is -0.155. The maximum absolute atomic E-state index is 13.7. The molecule has 1 aliphatic rings. The van der Waals surface area contributed by atoms with Crippen LogP contribution in [-0.4, -0.2) is 59.3 Å². The average molecular weight is 533 g/mol. The third kappa shape index (κ3) is 5.45. The van der Waals surface area contributed by atoms with Crippen molar-refractivity contribution in [2.45, 2.75) is 45.9 Å². The van der Waals surface area contributed by atoms with Crippen molar-refractivity contribution in [3.63, 3.8) is 0 Å². The van der Waals surface area contributed by atoms with Crippen LogP contribution in [0.5, 0.6) is 5.75 Å². The first-order valence-corrected chi connectivity index (χ1v) is 13.2. The normalized spacial score (nSPS) is 15.1. The van der Waals surface area contributed by atoms with E-state index in [1.54, 1.807) is 45.0 Å². The van der Waals surface area contributed by atoms with E-state index in [-0.39, 0.29) is 37.0 Å². The Hall–Kier alpha value is -3.87. The number of rotatable bonds is 7. The number of sulfonamides is 1. The van der Waals surface area contributed by atoms with E-state index in [0.29, 0.717) is 6.42 Å². The number of esters is 2. The monoisotopic (exact) mass is 532 g/mol. The fraction of sp³-hybridized carbons (Fsp3) is 0.417. The van der Waals surface area contributed by atoms with E-state index in [0.717, 1.165) is 21.4 Å². The van der Waals surface area contributed by atoms with Crippen LogP contribution in [0, 0.1) is 0 Å². The van der Waals surface area contributed by atoms with Gasteiger partial charge in [-0.2, -0.15) is 0 Å². The Balaban J connectivity index is 1.91. The van der Waals surface area contributed by atoms with Gasteiger partial charge in [-0.25, -0.2) is 22.6 Å². The van der Waals surface area contributed by atoms with Gasteiger partial charge in [0.05, 0.1) is 19.1 Å². The second-order valence-corrected chi connectivity index (χ2v) is 11.5. The summed E-state index contributed by atoms with van der Waals surface area (Å²) in [5.41, 5.74) is -1.27. The van der Waals surface area contributed by atoms with Crippen molar-refractivity contribution in [2.75, 3.05) is 23.7 Å². The molecule has 0 aliphatic carbocycles. The molecule has 0 spiro atoms. The molecule has 0 unspecified atom stereocenters. The first-order chi connectivity index (χ1) is 17.4. The minimum atomic E-state index is -3.71. The number of anilines is 1. The molecule has 0 radical (unpaired) electrons. The lowest BCUT2D eigenvalue weighted by atomic mass is 10.2. The van der Waals surface area contributed by atoms with Gasteiger partial charge in [0.2, 0.25) is 21.6 Å². The molecule has 1 aromatic carbocycles. The number of hydrogen-bond acceptors (Lipinski definition) is 9. The smallest absolute Gasteiger partial charge is 0.360 e. The molecule has 37 heavy (non-hydrogen) atoms. The van der Waals surface area contributed by atoms with Gasteiger partial charge in [-0.3, -0.25) is 13.9 Å². The van der Waals surface area contributed by atoms with Crippen LogP contribution in [0.3, 0.4) is 0 Å².